The molecule has 0 radical (unpaired) electrons. The van der Waals surface area contributed by atoms with E-state index in [1.54, 1.807) is 19.2 Å². The summed E-state index contributed by atoms with van der Waals surface area (Å²) in [5.74, 6) is 0.358. The minimum absolute atomic E-state index is 0.205. The highest BCUT2D eigenvalue weighted by Crippen LogP contribution is 2.30. The molecule has 0 aliphatic heterocycles. The Morgan fingerprint density at radius 1 is 1.40 bits per heavy atom. The van der Waals surface area contributed by atoms with Crippen LogP contribution in [0.15, 0.2) is 16.7 Å². The number of halogens is 1. The number of carbonyl (C=O) groups is 2. The van der Waals surface area contributed by atoms with Crippen molar-refractivity contribution in [3.63, 3.8) is 0 Å². The molecule has 1 N–H and O–H groups in total. The minimum atomic E-state index is -0.294. The van der Waals surface area contributed by atoms with E-state index in [-0.39, 0.29) is 23.5 Å². The molecule has 6 nitrogen and oxygen atoms in total. The Kier molecular flexibility index (Phi) is 7.68. The quantitative estimate of drug-likeness (QED) is 0.596. The van der Waals surface area contributed by atoms with E-state index in [0.717, 1.165) is 4.47 Å². The Morgan fingerprint density at radius 2 is 2.16 bits per heavy atom. The fraction of sp³-hybridized carbons (Fsp3) is 0.611. The number of rotatable bonds is 10. The molecule has 2 rings (SSSR count). The maximum Gasteiger partial charge on any atom is 0.308 e. The van der Waals surface area contributed by atoms with Crippen molar-refractivity contribution in [1.82, 2.24) is 10.3 Å². The molecule has 1 amide bonds. The van der Waals surface area contributed by atoms with E-state index < -0.39 is 0 Å². The zero-order chi connectivity index (χ0) is 18.2. The number of nitrogens with one attached hydrogen (secondary N) is 1. The van der Waals surface area contributed by atoms with Gasteiger partial charge in [0.2, 0.25) is 0 Å². The van der Waals surface area contributed by atoms with Crippen LogP contribution in [-0.2, 0) is 9.53 Å². The molecule has 7 heteroatoms. The van der Waals surface area contributed by atoms with Crippen LogP contribution in [0.5, 0.6) is 5.75 Å². The SMILES string of the molecule is CCOC(=O)C(CC)CCNC(=O)c1ncc(Br)cc1OCC1CC1. The van der Waals surface area contributed by atoms with E-state index in [1.807, 2.05) is 6.92 Å². The Labute approximate surface area is 156 Å². The molecule has 1 atom stereocenters. The summed E-state index contributed by atoms with van der Waals surface area (Å²) >= 11 is 3.35. The van der Waals surface area contributed by atoms with Crippen molar-refractivity contribution in [2.75, 3.05) is 19.8 Å². The summed E-state index contributed by atoms with van der Waals surface area (Å²) in [4.78, 5) is 28.4. The summed E-state index contributed by atoms with van der Waals surface area (Å²) in [7, 11) is 0. The maximum atomic E-state index is 12.4. The molecule has 0 bridgehead atoms. The number of aromatic nitrogens is 1. The molecule has 0 aromatic carbocycles. The third-order valence-corrected chi connectivity index (χ3v) is 4.53. The topological polar surface area (TPSA) is 77.5 Å². The lowest BCUT2D eigenvalue weighted by Crippen LogP contribution is -2.29. The minimum Gasteiger partial charge on any atom is -0.491 e. The first-order valence-corrected chi connectivity index (χ1v) is 9.57. The number of pyridine rings is 1. The molecule has 1 aromatic rings. The van der Waals surface area contributed by atoms with Gasteiger partial charge in [-0.25, -0.2) is 4.98 Å². The molecule has 1 unspecified atom stereocenters. The predicted molar refractivity (Wildman–Crippen MR) is 97.5 cm³/mol. The van der Waals surface area contributed by atoms with Gasteiger partial charge in [-0.15, -0.1) is 0 Å². The van der Waals surface area contributed by atoms with Crippen LogP contribution < -0.4 is 10.1 Å². The average Bonchev–Trinajstić information content (AvgIpc) is 3.41. The fourth-order valence-corrected chi connectivity index (χ4v) is 2.70. The van der Waals surface area contributed by atoms with Crippen LogP contribution in [0.2, 0.25) is 0 Å². The van der Waals surface area contributed by atoms with Crippen LogP contribution in [0.4, 0.5) is 0 Å². The van der Waals surface area contributed by atoms with Crippen LogP contribution >= 0.6 is 15.9 Å². The molecule has 1 aliphatic rings. The van der Waals surface area contributed by atoms with Crippen molar-refractivity contribution < 1.29 is 19.1 Å². The molecule has 1 saturated carbocycles. The summed E-state index contributed by atoms with van der Waals surface area (Å²) in [6.45, 7) is 5.08. The van der Waals surface area contributed by atoms with Gasteiger partial charge in [-0.2, -0.15) is 0 Å². The third-order valence-electron chi connectivity index (χ3n) is 4.10. The van der Waals surface area contributed by atoms with Gasteiger partial charge in [0.1, 0.15) is 0 Å². The second-order valence-electron chi connectivity index (χ2n) is 6.16. The van der Waals surface area contributed by atoms with Crippen molar-refractivity contribution in [3.8, 4) is 5.75 Å². The van der Waals surface area contributed by atoms with Crippen molar-refractivity contribution in [2.45, 2.75) is 39.5 Å². The highest BCUT2D eigenvalue weighted by Gasteiger charge is 2.24. The number of esters is 1. The lowest BCUT2D eigenvalue weighted by molar-refractivity contribution is -0.148. The van der Waals surface area contributed by atoms with Gasteiger partial charge in [-0.05, 0) is 60.5 Å². The number of amides is 1. The first kappa shape index (κ1) is 19.7. The van der Waals surface area contributed by atoms with Gasteiger partial charge in [-0.3, -0.25) is 9.59 Å². The van der Waals surface area contributed by atoms with Crippen LogP contribution in [0, 0.1) is 11.8 Å². The number of hydrogen-bond donors (Lipinski definition) is 1. The van der Waals surface area contributed by atoms with E-state index in [0.29, 0.717) is 44.3 Å². The van der Waals surface area contributed by atoms with Gasteiger partial charge in [-0.1, -0.05) is 6.92 Å². The molecule has 25 heavy (non-hydrogen) atoms. The Hall–Kier alpha value is -1.63. The van der Waals surface area contributed by atoms with E-state index in [9.17, 15) is 9.59 Å². The summed E-state index contributed by atoms with van der Waals surface area (Å²) in [6.07, 6.45) is 5.15. The van der Waals surface area contributed by atoms with Gasteiger partial charge in [0.15, 0.2) is 11.4 Å². The highest BCUT2D eigenvalue weighted by atomic mass is 79.9. The zero-order valence-corrected chi connectivity index (χ0v) is 16.3. The predicted octanol–water partition coefficient (Wildman–Crippen LogP) is 3.34. The van der Waals surface area contributed by atoms with Crippen molar-refractivity contribution in [3.05, 3.63) is 22.4 Å². The van der Waals surface area contributed by atoms with Crippen LogP contribution in [0.25, 0.3) is 0 Å². The van der Waals surface area contributed by atoms with Gasteiger partial charge < -0.3 is 14.8 Å². The highest BCUT2D eigenvalue weighted by molar-refractivity contribution is 9.10. The summed E-state index contributed by atoms with van der Waals surface area (Å²) in [6, 6.07) is 1.76. The normalized spacial score (nSPS) is 14.7. The first-order chi connectivity index (χ1) is 12.0. The second kappa shape index (κ2) is 9.75. The van der Waals surface area contributed by atoms with Crippen molar-refractivity contribution >= 4 is 27.8 Å². The van der Waals surface area contributed by atoms with Gasteiger partial charge in [0, 0.05) is 17.2 Å². The average molecular weight is 413 g/mol. The van der Waals surface area contributed by atoms with Crippen LogP contribution in [0.3, 0.4) is 0 Å². The number of ether oxygens (including phenoxy) is 2. The number of nitrogens with zero attached hydrogens (tertiary/aromatic N) is 1. The smallest absolute Gasteiger partial charge is 0.308 e. The molecule has 0 saturated heterocycles. The van der Waals surface area contributed by atoms with E-state index in [2.05, 4.69) is 26.2 Å². The molecule has 1 aromatic heterocycles. The molecule has 0 spiro atoms. The number of carbonyl (C=O) groups excluding carboxylic acids is 2. The monoisotopic (exact) mass is 412 g/mol. The summed E-state index contributed by atoms with van der Waals surface area (Å²) < 4.78 is 11.6. The molecular weight excluding hydrogens is 388 g/mol. The van der Waals surface area contributed by atoms with Crippen LogP contribution in [-0.4, -0.2) is 36.6 Å². The summed E-state index contributed by atoms with van der Waals surface area (Å²) in [5, 5.41) is 2.82. The molecular formula is C18H25BrN2O4. The fourth-order valence-electron chi connectivity index (χ4n) is 2.39. The van der Waals surface area contributed by atoms with Gasteiger partial charge in [0.05, 0.1) is 19.1 Å². The lowest BCUT2D eigenvalue weighted by Gasteiger charge is -2.14. The second-order valence-corrected chi connectivity index (χ2v) is 7.07. The van der Waals surface area contributed by atoms with Gasteiger partial charge in [0.25, 0.3) is 5.91 Å². The molecule has 138 valence electrons. The van der Waals surface area contributed by atoms with E-state index in [4.69, 9.17) is 9.47 Å². The number of hydrogen-bond acceptors (Lipinski definition) is 5. The molecule has 1 heterocycles. The van der Waals surface area contributed by atoms with Crippen LogP contribution in [0.1, 0.15) is 50.0 Å². The first-order valence-electron chi connectivity index (χ1n) is 8.78. The molecule has 1 fully saturated rings. The standard InChI is InChI=1S/C18H25BrN2O4/c1-3-13(18(23)24-4-2)7-8-20-17(22)16-15(9-14(19)10-21-16)25-11-12-5-6-12/h9-10,12-13H,3-8,11H2,1-2H3,(H,20,22). The largest absolute Gasteiger partial charge is 0.491 e. The van der Waals surface area contributed by atoms with E-state index in [1.165, 1.54) is 12.8 Å². The van der Waals surface area contributed by atoms with Crippen molar-refractivity contribution in [2.24, 2.45) is 11.8 Å². The van der Waals surface area contributed by atoms with Gasteiger partial charge >= 0.3 is 5.97 Å². The maximum absolute atomic E-state index is 12.4. The zero-order valence-electron chi connectivity index (χ0n) is 14.7. The Balaban J connectivity index is 1.89. The van der Waals surface area contributed by atoms with E-state index >= 15 is 0 Å². The Morgan fingerprint density at radius 3 is 2.80 bits per heavy atom. The summed E-state index contributed by atoms with van der Waals surface area (Å²) in [5.41, 5.74) is 0.271. The molecule has 1 aliphatic carbocycles. The lowest BCUT2D eigenvalue weighted by atomic mass is 10.0. The van der Waals surface area contributed by atoms with Crippen molar-refractivity contribution in [1.29, 1.82) is 0 Å². The third kappa shape index (κ3) is 6.30. The Bertz CT molecular complexity index is 605.